The second kappa shape index (κ2) is 5.94. The lowest BCUT2D eigenvalue weighted by Crippen LogP contribution is -2.28. The predicted octanol–water partition coefficient (Wildman–Crippen LogP) is 3.42. The maximum atomic E-state index is 13.1. The number of ether oxygens (including phenoxy) is 1. The molecule has 2 rings (SSSR count). The molecule has 4 heteroatoms. The summed E-state index contributed by atoms with van der Waals surface area (Å²) in [6, 6.07) is 5.33. The van der Waals surface area contributed by atoms with Crippen molar-refractivity contribution in [1.82, 2.24) is 5.32 Å². The van der Waals surface area contributed by atoms with E-state index in [0.717, 1.165) is 31.6 Å². The largest absolute Gasteiger partial charge is 0.377 e. The number of hydrogen-bond donors (Lipinski definition) is 1. The molecule has 1 N–H and O–H groups in total. The molecule has 1 aromatic carbocycles. The number of nitrogens with one attached hydrogen (secondary N) is 1. The van der Waals surface area contributed by atoms with E-state index in [1.54, 1.807) is 0 Å². The molecule has 0 saturated carbocycles. The highest BCUT2D eigenvalue weighted by molar-refractivity contribution is 9.10. The molecule has 1 aromatic rings. The molecule has 0 aromatic heterocycles. The topological polar surface area (TPSA) is 21.3 Å². The van der Waals surface area contributed by atoms with Crippen LogP contribution < -0.4 is 5.32 Å². The van der Waals surface area contributed by atoms with Crippen LogP contribution in [0.3, 0.4) is 0 Å². The summed E-state index contributed by atoms with van der Waals surface area (Å²) in [6.45, 7) is 3.81. The van der Waals surface area contributed by atoms with Gasteiger partial charge in [0.05, 0.1) is 10.6 Å². The smallest absolute Gasteiger partial charge is 0.137 e. The van der Waals surface area contributed by atoms with Gasteiger partial charge in [-0.2, -0.15) is 0 Å². The van der Waals surface area contributed by atoms with E-state index >= 15 is 0 Å². The summed E-state index contributed by atoms with van der Waals surface area (Å²) in [7, 11) is 0. The molecule has 0 amide bonds. The average Bonchev–Trinajstić information content (AvgIpc) is 2.82. The lowest BCUT2D eigenvalue weighted by molar-refractivity contribution is 0.108. The van der Waals surface area contributed by atoms with Gasteiger partial charge in [0, 0.05) is 19.2 Å². The van der Waals surface area contributed by atoms with Gasteiger partial charge in [0.1, 0.15) is 5.82 Å². The molecule has 1 aliphatic heterocycles. The SMILES string of the molecule is CC(NCC1CCCO1)c1ccc(F)c(Br)c1. The molecule has 2 atom stereocenters. The Kier molecular flexibility index (Phi) is 4.54. The van der Waals surface area contributed by atoms with Crippen LogP contribution in [0.4, 0.5) is 4.39 Å². The van der Waals surface area contributed by atoms with Crippen LogP contribution in [0, 0.1) is 5.82 Å². The van der Waals surface area contributed by atoms with Crippen LogP contribution in [0.1, 0.15) is 31.4 Å². The van der Waals surface area contributed by atoms with Crippen LogP contribution in [-0.2, 0) is 4.74 Å². The molecule has 94 valence electrons. The fourth-order valence-corrected chi connectivity index (χ4v) is 2.41. The third kappa shape index (κ3) is 3.50. The zero-order valence-electron chi connectivity index (χ0n) is 9.88. The second-order valence-corrected chi connectivity index (χ2v) is 5.29. The van der Waals surface area contributed by atoms with Crippen LogP contribution in [0.5, 0.6) is 0 Å². The minimum Gasteiger partial charge on any atom is -0.377 e. The van der Waals surface area contributed by atoms with E-state index < -0.39 is 0 Å². The van der Waals surface area contributed by atoms with Crippen LogP contribution in [0.15, 0.2) is 22.7 Å². The Bertz CT molecular complexity index is 380. The second-order valence-electron chi connectivity index (χ2n) is 4.44. The van der Waals surface area contributed by atoms with Crippen molar-refractivity contribution in [3.63, 3.8) is 0 Å². The van der Waals surface area contributed by atoms with Gasteiger partial charge >= 0.3 is 0 Å². The van der Waals surface area contributed by atoms with E-state index in [-0.39, 0.29) is 11.9 Å². The first-order valence-corrected chi connectivity index (χ1v) is 6.76. The molecular formula is C13H17BrFNO. The standard InChI is InChI=1S/C13H17BrFNO/c1-9(16-8-11-3-2-6-17-11)10-4-5-13(15)12(14)7-10/h4-5,7,9,11,16H,2-3,6,8H2,1H3. The van der Waals surface area contributed by atoms with Gasteiger partial charge in [0.25, 0.3) is 0 Å². The van der Waals surface area contributed by atoms with Crippen molar-refractivity contribution in [3.8, 4) is 0 Å². The van der Waals surface area contributed by atoms with E-state index in [1.807, 2.05) is 12.1 Å². The number of rotatable bonds is 4. The van der Waals surface area contributed by atoms with Gasteiger partial charge < -0.3 is 10.1 Å². The fourth-order valence-electron chi connectivity index (χ4n) is 2.01. The fraction of sp³-hybridized carbons (Fsp3) is 0.538. The zero-order chi connectivity index (χ0) is 12.3. The molecule has 0 radical (unpaired) electrons. The maximum Gasteiger partial charge on any atom is 0.137 e. The molecule has 1 fully saturated rings. The van der Waals surface area contributed by atoms with Crippen molar-refractivity contribution in [3.05, 3.63) is 34.1 Å². The van der Waals surface area contributed by atoms with Crippen LogP contribution >= 0.6 is 15.9 Å². The van der Waals surface area contributed by atoms with Gasteiger partial charge in [-0.3, -0.25) is 0 Å². The summed E-state index contributed by atoms with van der Waals surface area (Å²) in [4.78, 5) is 0. The molecule has 1 aliphatic rings. The van der Waals surface area contributed by atoms with Crippen molar-refractivity contribution < 1.29 is 9.13 Å². The quantitative estimate of drug-likeness (QED) is 0.920. The van der Waals surface area contributed by atoms with Gasteiger partial charge in [-0.05, 0) is 53.4 Å². The molecule has 1 heterocycles. The predicted molar refractivity (Wildman–Crippen MR) is 69.5 cm³/mol. The highest BCUT2D eigenvalue weighted by Crippen LogP contribution is 2.21. The Hall–Kier alpha value is -0.450. The molecule has 2 unspecified atom stereocenters. The molecule has 0 aliphatic carbocycles. The maximum absolute atomic E-state index is 13.1. The van der Waals surface area contributed by atoms with Gasteiger partial charge in [-0.25, -0.2) is 4.39 Å². The summed E-state index contributed by atoms with van der Waals surface area (Å²) >= 11 is 3.20. The Morgan fingerprint density at radius 3 is 3.06 bits per heavy atom. The summed E-state index contributed by atoms with van der Waals surface area (Å²) < 4.78 is 19.2. The van der Waals surface area contributed by atoms with E-state index in [4.69, 9.17) is 4.74 Å². The zero-order valence-corrected chi connectivity index (χ0v) is 11.5. The van der Waals surface area contributed by atoms with Crippen molar-refractivity contribution in [2.45, 2.75) is 31.9 Å². The Morgan fingerprint density at radius 1 is 1.59 bits per heavy atom. The minimum atomic E-state index is -0.222. The van der Waals surface area contributed by atoms with Crippen LogP contribution in [-0.4, -0.2) is 19.3 Å². The van der Waals surface area contributed by atoms with E-state index in [0.29, 0.717) is 10.6 Å². The Balaban J connectivity index is 1.89. The van der Waals surface area contributed by atoms with Crippen LogP contribution in [0.2, 0.25) is 0 Å². The summed E-state index contributed by atoms with van der Waals surface area (Å²) in [6.07, 6.45) is 2.62. The third-order valence-electron chi connectivity index (χ3n) is 3.12. The van der Waals surface area contributed by atoms with Gasteiger partial charge in [0.2, 0.25) is 0 Å². The first kappa shape index (κ1) is 13.0. The summed E-state index contributed by atoms with van der Waals surface area (Å²) in [5, 5.41) is 3.42. The number of benzene rings is 1. The van der Waals surface area contributed by atoms with E-state index in [1.165, 1.54) is 6.07 Å². The molecule has 1 saturated heterocycles. The van der Waals surface area contributed by atoms with Crippen LogP contribution in [0.25, 0.3) is 0 Å². The van der Waals surface area contributed by atoms with Crippen molar-refractivity contribution >= 4 is 15.9 Å². The summed E-state index contributed by atoms with van der Waals surface area (Å²) in [5.74, 6) is -0.222. The highest BCUT2D eigenvalue weighted by atomic mass is 79.9. The van der Waals surface area contributed by atoms with Crippen molar-refractivity contribution in [2.75, 3.05) is 13.2 Å². The van der Waals surface area contributed by atoms with Gasteiger partial charge in [-0.15, -0.1) is 0 Å². The van der Waals surface area contributed by atoms with Gasteiger partial charge in [-0.1, -0.05) is 6.07 Å². The Morgan fingerprint density at radius 2 is 2.41 bits per heavy atom. The number of hydrogen-bond acceptors (Lipinski definition) is 2. The van der Waals surface area contributed by atoms with E-state index in [9.17, 15) is 4.39 Å². The lowest BCUT2D eigenvalue weighted by Gasteiger charge is -2.17. The summed E-state index contributed by atoms with van der Waals surface area (Å²) in [5.41, 5.74) is 1.08. The molecule has 0 bridgehead atoms. The average molecular weight is 302 g/mol. The molecule has 0 spiro atoms. The number of halogens is 2. The lowest BCUT2D eigenvalue weighted by atomic mass is 10.1. The third-order valence-corrected chi connectivity index (χ3v) is 3.73. The molecule has 17 heavy (non-hydrogen) atoms. The van der Waals surface area contributed by atoms with Gasteiger partial charge in [0.15, 0.2) is 0 Å². The Labute approximate surface area is 110 Å². The van der Waals surface area contributed by atoms with E-state index in [2.05, 4.69) is 28.2 Å². The monoisotopic (exact) mass is 301 g/mol. The first-order valence-electron chi connectivity index (χ1n) is 5.97. The highest BCUT2D eigenvalue weighted by Gasteiger charge is 2.16. The molecular weight excluding hydrogens is 285 g/mol. The minimum absolute atomic E-state index is 0.205. The first-order chi connectivity index (χ1) is 8.16. The normalized spacial score (nSPS) is 21.7. The van der Waals surface area contributed by atoms with Crippen molar-refractivity contribution in [1.29, 1.82) is 0 Å². The molecule has 2 nitrogen and oxygen atoms in total. The van der Waals surface area contributed by atoms with Crippen molar-refractivity contribution in [2.24, 2.45) is 0 Å².